The van der Waals surface area contributed by atoms with E-state index in [-0.39, 0.29) is 38.0 Å². The Kier molecular flexibility index (Phi) is 15.7. The Bertz CT molecular complexity index is 775. The molecule has 0 aromatic rings. The fourth-order valence-corrected chi connectivity index (χ4v) is 3.22. The van der Waals surface area contributed by atoms with Gasteiger partial charge in [0.25, 0.3) is 0 Å². The van der Waals surface area contributed by atoms with Crippen LogP contribution in [0.1, 0.15) is 65.2 Å². The first kappa shape index (κ1) is 32.7. The minimum atomic E-state index is -1.47. The van der Waals surface area contributed by atoms with E-state index < -0.39 is 66.2 Å². The van der Waals surface area contributed by atoms with Crippen molar-refractivity contribution in [1.82, 2.24) is 16.0 Å². The fraction of sp³-hybridized carbons (Fsp3) is 0.727. The highest BCUT2D eigenvalue weighted by atomic mass is 16.4. The van der Waals surface area contributed by atoms with E-state index in [1.165, 1.54) is 0 Å². The summed E-state index contributed by atoms with van der Waals surface area (Å²) in [6, 6.07) is -4.87. The zero-order valence-corrected chi connectivity index (χ0v) is 20.7. The van der Waals surface area contributed by atoms with E-state index in [1.54, 1.807) is 13.8 Å². The first-order valence-electron chi connectivity index (χ1n) is 11.8. The van der Waals surface area contributed by atoms with Crippen molar-refractivity contribution in [2.24, 2.45) is 17.4 Å². The minimum absolute atomic E-state index is 0.0851. The molecule has 0 aliphatic rings. The first-order chi connectivity index (χ1) is 16.8. The van der Waals surface area contributed by atoms with Crippen LogP contribution in [0.5, 0.6) is 0 Å². The zero-order chi connectivity index (χ0) is 27.8. The Morgan fingerprint density at radius 3 is 1.69 bits per heavy atom. The number of hydrogen-bond donors (Lipinski definition) is 8. The molecular formula is C22H39N5O9. The summed E-state index contributed by atoms with van der Waals surface area (Å²) >= 11 is 0. The molecule has 4 atom stereocenters. The number of carboxylic acids is 3. The molecule has 0 aromatic heterocycles. The Hall–Kier alpha value is -3.26. The van der Waals surface area contributed by atoms with Gasteiger partial charge in [0.1, 0.15) is 18.1 Å². The summed E-state index contributed by atoms with van der Waals surface area (Å²) in [6.07, 6.45) is 0.0599. The second-order valence-electron chi connectivity index (χ2n) is 8.91. The van der Waals surface area contributed by atoms with Gasteiger partial charge in [-0.05, 0) is 51.0 Å². The van der Waals surface area contributed by atoms with Crippen molar-refractivity contribution in [3.05, 3.63) is 0 Å². The Morgan fingerprint density at radius 1 is 0.694 bits per heavy atom. The maximum Gasteiger partial charge on any atom is 0.326 e. The molecule has 4 unspecified atom stereocenters. The molecule has 10 N–H and O–H groups in total. The molecule has 0 aliphatic carbocycles. The van der Waals surface area contributed by atoms with Gasteiger partial charge < -0.3 is 42.7 Å². The van der Waals surface area contributed by atoms with E-state index in [1.807, 2.05) is 0 Å². The van der Waals surface area contributed by atoms with Crippen LogP contribution in [-0.4, -0.2) is 81.7 Å². The molecule has 206 valence electrons. The maximum atomic E-state index is 13.0. The molecule has 0 saturated carbocycles. The van der Waals surface area contributed by atoms with Crippen molar-refractivity contribution in [1.29, 1.82) is 0 Å². The number of rotatable bonds is 19. The summed E-state index contributed by atoms with van der Waals surface area (Å²) in [6.45, 7) is 3.92. The molecule has 0 aromatic carbocycles. The second-order valence-corrected chi connectivity index (χ2v) is 8.91. The number of carbonyl (C=O) groups excluding carboxylic acids is 3. The van der Waals surface area contributed by atoms with Gasteiger partial charge in [0.05, 0.1) is 6.04 Å². The van der Waals surface area contributed by atoms with Gasteiger partial charge in [-0.3, -0.25) is 24.0 Å². The SMILES string of the molecule is CC(C)CC(NC(=O)C(CCCCN)NC(=O)C(N)CCC(=O)O)C(=O)NC(CCC(=O)O)C(=O)O. The van der Waals surface area contributed by atoms with Gasteiger partial charge in [-0.2, -0.15) is 0 Å². The van der Waals surface area contributed by atoms with Crippen LogP contribution in [-0.2, 0) is 28.8 Å². The zero-order valence-electron chi connectivity index (χ0n) is 20.7. The predicted molar refractivity (Wildman–Crippen MR) is 128 cm³/mol. The number of nitrogens with two attached hydrogens (primary N) is 2. The standard InChI is InChI=1S/C22H39N5O9/c1-12(2)11-16(21(34)26-15(22(35)36)7-9-18(30)31)27-20(33)14(5-3-4-10-23)25-19(32)13(24)6-8-17(28)29/h12-16H,3-11,23-24H2,1-2H3,(H,25,32)(H,26,34)(H,27,33)(H,28,29)(H,30,31)(H,35,36). The molecule has 0 radical (unpaired) electrons. The third-order valence-electron chi connectivity index (χ3n) is 5.19. The lowest BCUT2D eigenvalue weighted by Gasteiger charge is -2.26. The summed E-state index contributed by atoms with van der Waals surface area (Å²) in [5.41, 5.74) is 11.2. The van der Waals surface area contributed by atoms with E-state index in [0.29, 0.717) is 19.4 Å². The smallest absolute Gasteiger partial charge is 0.326 e. The highest BCUT2D eigenvalue weighted by molar-refractivity contribution is 5.94. The summed E-state index contributed by atoms with van der Waals surface area (Å²) in [5, 5.41) is 34.2. The number of carboxylic acid groups (broad SMARTS) is 3. The average molecular weight is 518 g/mol. The Labute approximate surface area is 209 Å². The van der Waals surface area contributed by atoms with E-state index >= 15 is 0 Å². The Morgan fingerprint density at radius 2 is 1.19 bits per heavy atom. The maximum absolute atomic E-state index is 13.0. The molecule has 0 bridgehead atoms. The summed E-state index contributed by atoms with van der Waals surface area (Å²) < 4.78 is 0. The number of hydrogen-bond acceptors (Lipinski definition) is 8. The third kappa shape index (κ3) is 14.2. The molecule has 0 rings (SSSR count). The predicted octanol–water partition coefficient (Wildman–Crippen LogP) is -1.24. The van der Waals surface area contributed by atoms with Crippen molar-refractivity contribution in [3.63, 3.8) is 0 Å². The normalized spacial score (nSPS) is 14.2. The summed E-state index contributed by atoms with van der Waals surface area (Å²) in [7, 11) is 0. The van der Waals surface area contributed by atoms with Crippen LogP contribution in [0.15, 0.2) is 0 Å². The van der Waals surface area contributed by atoms with Gasteiger partial charge in [-0.25, -0.2) is 4.79 Å². The highest BCUT2D eigenvalue weighted by Gasteiger charge is 2.30. The monoisotopic (exact) mass is 517 g/mol. The molecule has 0 aliphatic heterocycles. The van der Waals surface area contributed by atoms with Crippen LogP contribution < -0.4 is 27.4 Å². The van der Waals surface area contributed by atoms with Crippen LogP contribution in [0, 0.1) is 5.92 Å². The van der Waals surface area contributed by atoms with Crippen LogP contribution >= 0.6 is 0 Å². The van der Waals surface area contributed by atoms with E-state index in [9.17, 15) is 33.9 Å². The van der Waals surface area contributed by atoms with Gasteiger partial charge in [0.15, 0.2) is 0 Å². The molecule has 0 fully saturated rings. The molecule has 3 amide bonds. The quantitative estimate of drug-likeness (QED) is 0.0940. The molecule has 36 heavy (non-hydrogen) atoms. The topological polar surface area (TPSA) is 251 Å². The van der Waals surface area contributed by atoms with Gasteiger partial charge >= 0.3 is 17.9 Å². The lowest BCUT2D eigenvalue weighted by atomic mass is 10.0. The van der Waals surface area contributed by atoms with Crippen molar-refractivity contribution >= 4 is 35.6 Å². The molecule has 14 nitrogen and oxygen atoms in total. The van der Waals surface area contributed by atoms with Crippen molar-refractivity contribution in [2.75, 3.05) is 6.54 Å². The van der Waals surface area contributed by atoms with E-state index in [2.05, 4.69) is 16.0 Å². The van der Waals surface area contributed by atoms with Gasteiger partial charge in [-0.1, -0.05) is 13.8 Å². The number of unbranched alkanes of at least 4 members (excludes halogenated alkanes) is 1. The van der Waals surface area contributed by atoms with Crippen molar-refractivity contribution < 1.29 is 44.1 Å². The van der Waals surface area contributed by atoms with E-state index in [0.717, 1.165) is 0 Å². The lowest BCUT2D eigenvalue weighted by molar-refractivity contribution is -0.143. The average Bonchev–Trinajstić information content (AvgIpc) is 2.77. The summed E-state index contributed by atoms with van der Waals surface area (Å²) in [4.78, 5) is 71.2. The molecule has 0 heterocycles. The van der Waals surface area contributed by atoms with Crippen LogP contribution in [0.25, 0.3) is 0 Å². The van der Waals surface area contributed by atoms with Crippen LogP contribution in [0.3, 0.4) is 0 Å². The number of amides is 3. The number of carbonyl (C=O) groups is 6. The molecular weight excluding hydrogens is 478 g/mol. The second kappa shape index (κ2) is 17.2. The summed E-state index contributed by atoms with van der Waals surface area (Å²) in [5.74, 6) is -6.08. The third-order valence-corrected chi connectivity index (χ3v) is 5.19. The van der Waals surface area contributed by atoms with Crippen molar-refractivity contribution in [3.8, 4) is 0 Å². The van der Waals surface area contributed by atoms with Gasteiger partial charge in [0.2, 0.25) is 17.7 Å². The largest absolute Gasteiger partial charge is 0.481 e. The fourth-order valence-electron chi connectivity index (χ4n) is 3.22. The number of nitrogens with one attached hydrogen (secondary N) is 3. The molecule has 14 heteroatoms. The van der Waals surface area contributed by atoms with Crippen LogP contribution in [0.4, 0.5) is 0 Å². The number of aliphatic carboxylic acids is 3. The Balaban J connectivity index is 5.50. The van der Waals surface area contributed by atoms with Crippen LogP contribution in [0.2, 0.25) is 0 Å². The van der Waals surface area contributed by atoms with Gasteiger partial charge in [-0.15, -0.1) is 0 Å². The minimum Gasteiger partial charge on any atom is -0.481 e. The molecule has 0 saturated heterocycles. The lowest BCUT2D eigenvalue weighted by Crippen LogP contribution is -2.57. The molecule has 0 spiro atoms. The highest BCUT2D eigenvalue weighted by Crippen LogP contribution is 2.09. The van der Waals surface area contributed by atoms with Crippen molar-refractivity contribution in [2.45, 2.75) is 89.4 Å². The van der Waals surface area contributed by atoms with E-state index in [4.69, 9.17) is 21.7 Å². The first-order valence-corrected chi connectivity index (χ1v) is 11.8. The van der Waals surface area contributed by atoms with Gasteiger partial charge in [0, 0.05) is 12.8 Å².